The van der Waals surface area contributed by atoms with Crippen LogP contribution in [-0.2, 0) is 17.7 Å². The summed E-state index contributed by atoms with van der Waals surface area (Å²) in [4.78, 5) is 2.50. The van der Waals surface area contributed by atoms with Gasteiger partial charge in [0.2, 0.25) is 0 Å². The standard InChI is InChI=1S/C18H25N3O2/c1-22-17-6-2-5-16(13-17)14-18-15-20(11-12-23-18)8-4-10-21-9-3-7-19-21/h2-3,5-7,9,13,18H,4,8,10-12,14-15H2,1H3. The monoisotopic (exact) mass is 315 g/mol. The van der Waals surface area contributed by atoms with E-state index in [1.807, 2.05) is 35.3 Å². The molecule has 5 heteroatoms. The van der Waals surface area contributed by atoms with Gasteiger partial charge in [0.15, 0.2) is 0 Å². The van der Waals surface area contributed by atoms with Crippen LogP contribution in [0.25, 0.3) is 0 Å². The molecule has 1 aromatic carbocycles. The van der Waals surface area contributed by atoms with Crippen molar-refractivity contribution in [3.63, 3.8) is 0 Å². The first-order valence-corrected chi connectivity index (χ1v) is 8.28. The maximum absolute atomic E-state index is 5.94. The molecule has 0 spiro atoms. The van der Waals surface area contributed by atoms with Crippen molar-refractivity contribution in [2.24, 2.45) is 0 Å². The highest BCUT2D eigenvalue weighted by Gasteiger charge is 2.20. The Balaban J connectivity index is 1.45. The molecule has 2 heterocycles. The smallest absolute Gasteiger partial charge is 0.119 e. The lowest BCUT2D eigenvalue weighted by Gasteiger charge is -2.33. The van der Waals surface area contributed by atoms with E-state index in [0.717, 1.165) is 51.4 Å². The predicted molar refractivity (Wildman–Crippen MR) is 89.7 cm³/mol. The molecule has 0 aliphatic carbocycles. The summed E-state index contributed by atoms with van der Waals surface area (Å²) in [7, 11) is 1.71. The van der Waals surface area contributed by atoms with E-state index in [1.54, 1.807) is 7.11 Å². The fourth-order valence-electron chi connectivity index (χ4n) is 3.06. The molecule has 1 atom stereocenters. The summed E-state index contributed by atoms with van der Waals surface area (Å²) in [5, 5.41) is 4.25. The van der Waals surface area contributed by atoms with Crippen LogP contribution in [0.5, 0.6) is 5.75 Å². The molecule has 0 saturated carbocycles. The molecule has 124 valence electrons. The van der Waals surface area contributed by atoms with Gasteiger partial charge in [-0.15, -0.1) is 0 Å². The number of ether oxygens (including phenoxy) is 2. The summed E-state index contributed by atoms with van der Waals surface area (Å²) in [6.45, 7) is 4.91. The first kappa shape index (κ1) is 16.0. The van der Waals surface area contributed by atoms with E-state index in [2.05, 4.69) is 22.1 Å². The molecule has 1 fully saturated rings. The molecule has 1 unspecified atom stereocenters. The maximum atomic E-state index is 5.94. The SMILES string of the molecule is COc1cccc(CC2CN(CCCn3cccn3)CCO2)c1. The number of nitrogens with zero attached hydrogens (tertiary/aromatic N) is 3. The van der Waals surface area contributed by atoms with Gasteiger partial charge in [0.1, 0.15) is 5.75 Å². The second kappa shape index (κ2) is 8.13. The fraction of sp³-hybridized carbons (Fsp3) is 0.500. The molecule has 1 aliphatic rings. The van der Waals surface area contributed by atoms with Gasteiger partial charge in [-0.05, 0) is 30.2 Å². The number of benzene rings is 1. The molecule has 5 nitrogen and oxygen atoms in total. The molecule has 3 rings (SSSR count). The third-order valence-corrected chi connectivity index (χ3v) is 4.24. The average Bonchev–Trinajstić information content (AvgIpc) is 3.09. The molecule has 2 aromatic rings. The minimum absolute atomic E-state index is 0.264. The number of morpholine rings is 1. The second-order valence-corrected chi connectivity index (χ2v) is 5.97. The third-order valence-electron chi connectivity index (χ3n) is 4.24. The van der Waals surface area contributed by atoms with Crippen molar-refractivity contribution in [3.05, 3.63) is 48.3 Å². The fourth-order valence-corrected chi connectivity index (χ4v) is 3.06. The zero-order valence-corrected chi connectivity index (χ0v) is 13.7. The number of rotatable bonds is 7. The zero-order valence-electron chi connectivity index (χ0n) is 13.7. The van der Waals surface area contributed by atoms with Gasteiger partial charge in [-0.25, -0.2) is 0 Å². The summed E-state index contributed by atoms with van der Waals surface area (Å²) in [5.74, 6) is 0.911. The van der Waals surface area contributed by atoms with Gasteiger partial charge < -0.3 is 9.47 Å². The van der Waals surface area contributed by atoms with Gasteiger partial charge >= 0.3 is 0 Å². The highest BCUT2D eigenvalue weighted by Crippen LogP contribution is 2.17. The Kier molecular flexibility index (Phi) is 5.66. The molecule has 0 amide bonds. The van der Waals surface area contributed by atoms with Gasteiger partial charge in [0.25, 0.3) is 0 Å². The molecule has 0 radical (unpaired) electrons. The van der Waals surface area contributed by atoms with E-state index in [9.17, 15) is 0 Å². The van der Waals surface area contributed by atoms with Crippen LogP contribution in [0.3, 0.4) is 0 Å². The van der Waals surface area contributed by atoms with Gasteiger partial charge in [0, 0.05) is 45.0 Å². The van der Waals surface area contributed by atoms with E-state index in [1.165, 1.54) is 5.56 Å². The van der Waals surface area contributed by atoms with Gasteiger partial charge in [0.05, 0.1) is 19.8 Å². The first-order chi connectivity index (χ1) is 11.3. The summed E-state index contributed by atoms with van der Waals surface area (Å²) in [6, 6.07) is 10.2. The van der Waals surface area contributed by atoms with Crippen LogP contribution in [0, 0.1) is 0 Å². The second-order valence-electron chi connectivity index (χ2n) is 5.97. The van der Waals surface area contributed by atoms with Crippen molar-refractivity contribution < 1.29 is 9.47 Å². The van der Waals surface area contributed by atoms with Crippen molar-refractivity contribution in [1.29, 1.82) is 0 Å². The highest BCUT2D eigenvalue weighted by molar-refractivity contribution is 5.28. The lowest BCUT2D eigenvalue weighted by Crippen LogP contribution is -2.43. The van der Waals surface area contributed by atoms with E-state index in [0.29, 0.717) is 0 Å². The summed E-state index contributed by atoms with van der Waals surface area (Å²) < 4.78 is 13.2. The van der Waals surface area contributed by atoms with E-state index < -0.39 is 0 Å². The van der Waals surface area contributed by atoms with Gasteiger partial charge in [-0.2, -0.15) is 5.10 Å². The van der Waals surface area contributed by atoms with Crippen LogP contribution >= 0.6 is 0 Å². The molecular formula is C18H25N3O2. The third kappa shape index (κ3) is 4.81. The normalized spacial score (nSPS) is 18.9. The molecule has 1 aliphatic heterocycles. The lowest BCUT2D eigenvalue weighted by atomic mass is 10.1. The van der Waals surface area contributed by atoms with Crippen LogP contribution in [0.4, 0.5) is 0 Å². The Morgan fingerprint density at radius 3 is 3.09 bits per heavy atom. The molecule has 0 N–H and O–H groups in total. The minimum atomic E-state index is 0.264. The lowest BCUT2D eigenvalue weighted by molar-refractivity contribution is -0.0281. The zero-order chi connectivity index (χ0) is 15.9. The van der Waals surface area contributed by atoms with Crippen molar-refractivity contribution in [2.45, 2.75) is 25.5 Å². The van der Waals surface area contributed by atoms with Crippen LogP contribution < -0.4 is 4.74 Å². The number of aromatic nitrogens is 2. The Hall–Kier alpha value is -1.85. The quantitative estimate of drug-likeness (QED) is 0.785. The van der Waals surface area contributed by atoms with Crippen LogP contribution in [-0.4, -0.2) is 54.1 Å². The Morgan fingerprint density at radius 2 is 2.26 bits per heavy atom. The van der Waals surface area contributed by atoms with Crippen molar-refractivity contribution in [1.82, 2.24) is 14.7 Å². The van der Waals surface area contributed by atoms with Gasteiger partial charge in [-0.1, -0.05) is 12.1 Å². The molecular weight excluding hydrogens is 290 g/mol. The van der Waals surface area contributed by atoms with Crippen LogP contribution in [0.1, 0.15) is 12.0 Å². The first-order valence-electron chi connectivity index (χ1n) is 8.28. The molecule has 0 bridgehead atoms. The van der Waals surface area contributed by atoms with Crippen molar-refractivity contribution in [2.75, 3.05) is 33.4 Å². The van der Waals surface area contributed by atoms with E-state index in [-0.39, 0.29) is 6.10 Å². The summed E-state index contributed by atoms with van der Waals surface area (Å²) in [5.41, 5.74) is 1.27. The Morgan fingerprint density at radius 1 is 1.30 bits per heavy atom. The van der Waals surface area contributed by atoms with Crippen molar-refractivity contribution in [3.8, 4) is 5.75 Å². The maximum Gasteiger partial charge on any atom is 0.119 e. The number of hydrogen-bond acceptors (Lipinski definition) is 4. The molecule has 23 heavy (non-hydrogen) atoms. The largest absolute Gasteiger partial charge is 0.497 e. The molecule has 1 saturated heterocycles. The van der Waals surface area contributed by atoms with E-state index >= 15 is 0 Å². The van der Waals surface area contributed by atoms with Gasteiger partial charge in [-0.3, -0.25) is 9.58 Å². The van der Waals surface area contributed by atoms with Crippen LogP contribution in [0.2, 0.25) is 0 Å². The predicted octanol–water partition coefficient (Wildman–Crippen LogP) is 2.23. The van der Waals surface area contributed by atoms with Crippen LogP contribution in [0.15, 0.2) is 42.7 Å². The van der Waals surface area contributed by atoms with E-state index in [4.69, 9.17) is 9.47 Å². The Labute approximate surface area is 137 Å². The van der Waals surface area contributed by atoms with Crippen molar-refractivity contribution >= 4 is 0 Å². The number of hydrogen-bond donors (Lipinski definition) is 0. The average molecular weight is 315 g/mol. The molecule has 1 aromatic heterocycles. The number of aryl methyl sites for hydroxylation is 1. The number of methoxy groups -OCH3 is 1. The highest BCUT2D eigenvalue weighted by atomic mass is 16.5. The minimum Gasteiger partial charge on any atom is -0.497 e. The Bertz CT molecular complexity index is 586. The summed E-state index contributed by atoms with van der Waals surface area (Å²) in [6.07, 6.45) is 6.17. The topological polar surface area (TPSA) is 39.5 Å². The summed E-state index contributed by atoms with van der Waals surface area (Å²) >= 11 is 0.